The third-order valence-corrected chi connectivity index (χ3v) is 6.73. The third kappa shape index (κ3) is 4.64. The molecule has 2 aliphatic rings. The van der Waals surface area contributed by atoms with Crippen molar-refractivity contribution in [1.29, 1.82) is 0 Å². The zero-order valence-corrected chi connectivity index (χ0v) is 20.0. The molecule has 3 heterocycles. The lowest BCUT2D eigenvalue weighted by atomic mass is 10.0. The van der Waals surface area contributed by atoms with Crippen molar-refractivity contribution >= 4 is 28.9 Å². The Balaban J connectivity index is 1.52. The highest BCUT2D eigenvalue weighted by molar-refractivity contribution is 8.18. The van der Waals surface area contributed by atoms with E-state index in [1.165, 1.54) is 11.8 Å². The molecule has 2 aromatic carbocycles. The molecule has 0 bridgehead atoms. The van der Waals surface area contributed by atoms with Crippen molar-refractivity contribution in [3.8, 4) is 22.7 Å². The van der Waals surface area contributed by atoms with E-state index in [4.69, 9.17) is 14.6 Å². The minimum Gasteiger partial charge on any atom is -0.494 e. The Kier molecular flexibility index (Phi) is 6.51. The molecular formula is C26H26N4O3S. The highest BCUT2D eigenvalue weighted by Gasteiger charge is 2.28. The third-order valence-electron chi connectivity index (χ3n) is 5.69. The molecule has 5 rings (SSSR count). The molecule has 1 fully saturated rings. The van der Waals surface area contributed by atoms with Gasteiger partial charge in [-0.2, -0.15) is 10.1 Å². The van der Waals surface area contributed by atoms with Gasteiger partial charge in [-0.05, 0) is 67.6 Å². The molecule has 0 unspecified atom stereocenters. The Hall–Kier alpha value is -3.36. The fourth-order valence-electron chi connectivity index (χ4n) is 3.97. The van der Waals surface area contributed by atoms with Gasteiger partial charge in [-0.25, -0.2) is 4.68 Å². The fraction of sp³-hybridized carbons (Fsp3) is 0.269. The van der Waals surface area contributed by atoms with Gasteiger partial charge in [-0.3, -0.25) is 4.79 Å². The van der Waals surface area contributed by atoms with Crippen LogP contribution in [0.3, 0.4) is 0 Å². The Morgan fingerprint density at radius 2 is 1.94 bits per heavy atom. The van der Waals surface area contributed by atoms with Crippen molar-refractivity contribution in [2.45, 2.75) is 13.8 Å². The zero-order valence-electron chi connectivity index (χ0n) is 19.2. The van der Waals surface area contributed by atoms with Crippen molar-refractivity contribution in [1.82, 2.24) is 14.7 Å². The lowest BCUT2D eigenvalue weighted by Gasteiger charge is -2.27. The number of benzene rings is 2. The standard InChI is InChI=1S/C26H26N4O3S/c1-3-33-22-10-9-19(15-18(22)2)24-20(17-30(28-24)21-7-5-4-6-8-21)16-23-25(31)27-26(34-23)29-11-13-32-14-12-29/h4-10,15-17H,3,11-14H2,1-2H3/b23-16-. The number of morpholine rings is 1. The summed E-state index contributed by atoms with van der Waals surface area (Å²) in [4.78, 5) is 19.8. The second kappa shape index (κ2) is 9.87. The highest BCUT2D eigenvalue weighted by atomic mass is 32.2. The predicted octanol–water partition coefficient (Wildman–Crippen LogP) is 4.55. The van der Waals surface area contributed by atoms with Gasteiger partial charge < -0.3 is 14.4 Å². The number of hydrogen-bond acceptors (Lipinski definition) is 6. The van der Waals surface area contributed by atoms with E-state index in [9.17, 15) is 4.79 Å². The summed E-state index contributed by atoms with van der Waals surface area (Å²) in [5.41, 5.74) is 4.62. The molecule has 0 spiro atoms. The number of rotatable bonds is 5. The average molecular weight is 475 g/mol. The summed E-state index contributed by atoms with van der Waals surface area (Å²) >= 11 is 1.42. The number of thioether (sulfide) groups is 1. The quantitative estimate of drug-likeness (QED) is 0.506. The van der Waals surface area contributed by atoms with Crippen LogP contribution in [0, 0.1) is 6.92 Å². The largest absolute Gasteiger partial charge is 0.494 e. The fourth-order valence-corrected chi connectivity index (χ4v) is 4.93. The number of aliphatic imine (C=N–C) groups is 1. The average Bonchev–Trinajstić information content (AvgIpc) is 3.45. The highest BCUT2D eigenvalue weighted by Crippen LogP contribution is 2.34. The number of hydrogen-bond donors (Lipinski definition) is 0. The number of aromatic nitrogens is 2. The second-order valence-corrected chi connectivity index (χ2v) is 9.05. The summed E-state index contributed by atoms with van der Waals surface area (Å²) in [5.74, 6) is 0.645. The summed E-state index contributed by atoms with van der Waals surface area (Å²) < 4.78 is 13.0. The van der Waals surface area contributed by atoms with Gasteiger partial charge >= 0.3 is 0 Å². The van der Waals surface area contributed by atoms with Gasteiger partial charge in [0.2, 0.25) is 0 Å². The lowest BCUT2D eigenvalue weighted by Crippen LogP contribution is -2.38. The maximum absolute atomic E-state index is 12.7. The molecule has 0 atom stereocenters. The topological polar surface area (TPSA) is 68.9 Å². The van der Waals surface area contributed by atoms with Crippen molar-refractivity contribution in [2.24, 2.45) is 4.99 Å². The van der Waals surface area contributed by atoms with Crippen LogP contribution in [0.5, 0.6) is 5.75 Å². The molecule has 0 N–H and O–H groups in total. The van der Waals surface area contributed by atoms with Crippen molar-refractivity contribution < 1.29 is 14.3 Å². The van der Waals surface area contributed by atoms with Gasteiger partial charge in [0.25, 0.3) is 5.91 Å². The Labute approximate surface area is 203 Å². The molecule has 3 aromatic rings. The molecule has 1 amide bonds. The molecular weight excluding hydrogens is 448 g/mol. The van der Waals surface area contributed by atoms with Crippen LogP contribution in [0.4, 0.5) is 0 Å². The Morgan fingerprint density at radius 1 is 1.15 bits per heavy atom. The summed E-state index contributed by atoms with van der Waals surface area (Å²) in [7, 11) is 0. The molecule has 1 aromatic heterocycles. The van der Waals surface area contributed by atoms with Crippen LogP contribution in [-0.4, -0.2) is 58.7 Å². The summed E-state index contributed by atoms with van der Waals surface area (Å²) in [6.07, 6.45) is 3.86. The molecule has 1 saturated heterocycles. The zero-order chi connectivity index (χ0) is 23.5. The first-order valence-corrected chi connectivity index (χ1v) is 12.2. The van der Waals surface area contributed by atoms with Crippen molar-refractivity contribution in [3.63, 3.8) is 0 Å². The molecule has 34 heavy (non-hydrogen) atoms. The molecule has 8 heteroatoms. The van der Waals surface area contributed by atoms with E-state index in [-0.39, 0.29) is 5.91 Å². The number of carbonyl (C=O) groups excluding carboxylic acids is 1. The first-order valence-electron chi connectivity index (χ1n) is 11.4. The normalized spacial score (nSPS) is 17.4. The van der Waals surface area contributed by atoms with Gasteiger partial charge in [0.1, 0.15) is 11.4 Å². The number of para-hydroxylation sites is 1. The molecule has 0 saturated carbocycles. The molecule has 174 valence electrons. The minimum absolute atomic E-state index is 0.215. The van der Waals surface area contributed by atoms with Crippen LogP contribution in [0.2, 0.25) is 0 Å². The molecule has 7 nitrogen and oxygen atoms in total. The maximum Gasteiger partial charge on any atom is 0.286 e. The van der Waals surface area contributed by atoms with Crippen LogP contribution in [-0.2, 0) is 9.53 Å². The number of nitrogens with zero attached hydrogens (tertiary/aromatic N) is 4. The van der Waals surface area contributed by atoms with Crippen LogP contribution >= 0.6 is 11.8 Å². The van der Waals surface area contributed by atoms with E-state index >= 15 is 0 Å². The molecule has 0 radical (unpaired) electrons. The van der Waals surface area contributed by atoms with E-state index < -0.39 is 0 Å². The number of amidine groups is 1. The van der Waals surface area contributed by atoms with Crippen LogP contribution in [0.1, 0.15) is 18.1 Å². The SMILES string of the molecule is CCOc1ccc(-c2nn(-c3ccccc3)cc2/C=C2\SC(N3CCOCC3)=NC2=O)cc1C. The summed E-state index contributed by atoms with van der Waals surface area (Å²) in [5, 5.41) is 5.63. The van der Waals surface area contributed by atoms with Gasteiger partial charge in [-0.15, -0.1) is 0 Å². The first-order chi connectivity index (χ1) is 16.6. The number of ether oxygens (including phenoxy) is 2. The maximum atomic E-state index is 12.7. The molecule has 2 aliphatic heterocycles. The minimum atomic E-state index is -0.215. The second-order valence-electron chi connectivity index (χ2n) is 8.04. The van der Waals surface area contributed by atoms with E-state index in [1.54, 1.807) is 0 Å². The van der Waals surface area contributed by atoms with Gasteiger partial charge in [-0.1, -0.05) is 18.2 Å². The number of carbonyl (C=O) groups is 1. The first kappa shape index (κ1) is 22.4. The van der Waals surface area contributed by atoms with Gasteiger partial charge in [0, 0.05) is 30.4 Å². The van der Waals surface area contributed by atoms with E-state index in [0.29, 0.717) is 24.7 Å². The number of amides is 1. The van der Waals surface area contributed by atoms with E-state index in [2.05, 4.69) is 16.0 Å². The Morgan fingerprint density at radius 3 is 2.68 bits per heavy atom. The van der Waals surface area contributed by atoms with Crippen LogP contribution < -0.4 is 4.74 Å². The predicted molar refractivity (Wildman–Crippen MR) is 135 cm³/mol. The lowest BCUT2D eigenvalue weighted by molar-refractivity contribution is -0.113. The van der Waals surface area contributed by atoms with Gasteiger partial charge in [0.05, 0.1) is 30.4 Å². The van der Waals surface area contributed by atoms with Crippen molar-refractivity contribution in [3.05, 3.63) is 70.8 Å². The Bertz CT molecular complexity index is 1260. The van der Waals surface area contributed by atoms with Gasteiger partial charge in [0.15, 0.2) is 5.17 Å². The van der Waals surface area contributed by atoms with Crippen molar-refractivity contribution in [2.75, 3.05) is 32.9 Å². The van der Waals surface area contributed by atoms with Crippen LogP contribution in [0.15, 0.2) is 64.6 Å². The molecule has 0 aliphatic carbocycles. The van der Waals surface area contributed by atoms with Crippen LogP contribution in [0.25, 0.3) is 23.0 Å². The monoisotopic (exact) mass is 474 g/mol. The van der Waals surface area contributed by atoms with E-state index in [0.717, 1.165) is 52.1 Å². The summed E-state index contributed by atoms with van der Waals surface area (Å²) in [6.45, 7) is 7.41. The number of aryl methyl sites for hydroxylation is 1. The smallest absolute Gasteiger partial charge is 0.286 e. The summed E-state index contributed by atoms with van der Waals surface area (Å²) in [6, 6.07) is 16.0. The van der Waals surface area contributed by atoms with E-state index in [1.807, 2.05) is 73.3 Å².